The Morgan fingerprint density at radius 3 is 2.66 bits per heavy atom. The van der Waals surface area contributed by atoms with Crippen LogP contribution in [0.15, 0.2) is 65.0 Å². The molecular weight excluding hydrogens is 394 g/mol. The van der Waals surface area contributed by atoms with Gasteiger partial charge in [-0.2, -0.15) is 4.73 Å². The van der Waals surface area contributed by atoms with E-state index in [9.17, 15) is 14.8 Å². The summed E-state index contributed by atoms with van der Waals surface area (Å²) in [5, 5.41) is 17.8. The summed E-state index contributed by atoms with van der Waals surface area (Å²) in [6, 6.07) is 11.0. The van der Waals surface area contributed by atoms with Gasteiger partial charge in [-0.25, -0.2) is 9.59 Å². The Balaban J connectivity index is 1.97. The van der Waals surface area contributed by atoms with Gasteiger partial charge in [0, 0.05) is 23.6 Å². The highest BCUT2D eigenvalue weighted by Gasteiger charge is 2.34. The van der Waals surface area contributed by atoms with E-state index >= 15 is 0 Å². The standard InChI is InChI=1S/C20H21N3O5S/c1-3-28-19(24)17-15(12-29-16-6-4-5-11-23(16)26)21-20(25)22-18(17)13-7-9-14(27-2)10-8-13/h4-11,18H,3,12H2,1-2H3,(H2,21,22,25). The van der Waals surface area contributed by atoms with E-state index in [4.69, 9.17) is 9.47 Å². The highest BCUT2D eigenvalue weighted by Crippen LogP contribution is 2.31. The van der Waals surface area contributed by atoms with Gasteiger partial charge in [0.2, 0.25) is 0 Å². The maximum atomic E-state index is 12.7. The summed E-state index contributed by atoms with van der Waals surface area (Å²) in [6.07, 6.45) is 1.39. The Hall–Kier alpha value is -3.20. The van der Waals surface area contributed by atoms with Crippen molar-refractivity contribution in [1.29, 1.82) is 0 Å². The molecule has 2 heterocycles. The van der Waals surface area contributed by atoms with E-state index < -0.39 is 18.0 Å². The fourth-order valence-electron chi connectivity index (χ4n) is 2.90. The van der Waals surface area contributed by atoms with Crippen molar-refractivity contribution in [1.82, 2.24) is 10.6 Å². The molecule has 9 heteroatoms. The van der Waals surface area contributed by atoms with Gasteiger partial charge in [0.15, 0.2) is 6.20 Å². The Morgan fingerprint density at radius 2 is 2.00 bits per heavy atom. The van der Waals surface area contributed by atoms with Gasteiger partial charge in [0.25, 0.3) is 5.03 Å². The minimum atomic E-state index is -0.681. The molecule has 1 aromatic heterocycles. The number of thioether (sulfide) groups is 1. The highest BCUT2D eigenvalue weighted by molar-refractivity contribution is 7.99. The van der Waals surface area contributed by atoms with Crippen molar-refractivity contribution in [2.75, 3.05) is 19.5 Å². The van der Waals surface area contributed by atoms with E-state index in [1.54, 1.807) is 56.5 Å². The molecule has 0 aliphatic carbocycles. The molecule has 1 aliphatic heterocycles. The zero-order valence-corrected chi connectivity index (χ0v) is 16.8. The number of aromatic nitrogens is 1. The molecule has 0 saturated carbocycles. The van der Waals surface area contributed by atoms with E-state index in [0.29, 0.717) is 27.6 Å². The zero-order chi connectivity index (χ0) is 20.8. The summed E-state index contributed by atoms with van der Waals surface area (Å²) < 4.78 is 11.1. The maximum Gasteiger partial charge on any atom is 0.338 e. The molecule has 3 rings (SSSR count). The lowest BCUT2D eigenvalue weighted by atomic mass is 9.95. The van der Waals surface area contributed by atoms with Crippen molar-refractivity contribution in [3.05, 3.63) is 70.7 Å². The molecule has 1 aliphatic rings. The molecule has 2 amide bonds. The molecule has 2 aromatic rings. The van der Waals surface area contributed by atoms with Gasteiger partial charge in [-0.05, 0) is 42.4 Å². The smallest absolute Gasteiger partial charge is 0.338 e. The Kier molecular flexibility index (Phi) is 6.61. The average Bonchev–Trinajstić information content (AvgIpc) is 2.73. The van der Waals surface area contributed by atoms with Crippen LogP contribution >= 0.6 is 11.8 Å². The summed E-state index contributed by atoms with van der Waals surface area (Å²) in [6.45, 7) is 1.92. The van der Waals surface area contributed by atoms with E-state index in [1.165, 1.54) is 18.0 Å². The topological polar surface area (TPSA) is 104 Å². The van der Waals surface area contributed by atoms with Gasteiger partial charge in [-0.1, -0.05) is 12.1 Å². The maximum absolute atomic E-state index is 12.7. The molecular formula is C20H21N3O5S. The van der Waals surface area contributed by atoms with Crippen LogP contribution in [0.25, 0.3) is 0 Å². The summed E-state index contributed by atoms with van der Waals surface area (Å²) in [5.74, 6) is 0.357. The number of esters is 1. The van der Waals surface area contributed by atoms with Gasteiger partial charge in [0.05, 0.1) is 25.3 Å². The predicted octanol–water partition coefficient (Wildman–Crippen LogP) is 2.29. The van der Waals surface area contributed by atoms with Crippen LogP contribution in [0.3, 0.4) is 0 Å². The fourth-order valence-corrected chi connectivity index (χ4v) is 3.78. The number of nitrogens with zero attached hydrogens (tertiary/aromatic N) is 1. The molecule has 0 bridgehead atoms. The normalized spacial score (nSPS) is 16.1. The number of benzene rings is 1. The Bertz CT molecular complexity index is 930. The van der Waals surface area contributed by atoms with Gasteiger partial charge in [-0.15, -0.1) is 0 Å². The fraction of sp³-hybridized carbons (Fsp3) is 0.250. The Labute approximate surface area is 172 Å². The molecule has 152 valence electrons. The number of carbonyl (C=O) groups excluding carboxylic acids is 2. The number of nitrogens with one attached hydrogen (secondary N) is 2. The van der Waals surface area contributed by atoms with Crippen LogP contribution in [0.2, 0.25) is 0 Å². The lowest BCUT2D eigenvalue weighted by Gasteiger charge is -2.29. The van der Waals surface area contributed by atoms with E-state index in [1.807, 2.05) is 0 Å². The first kappa shape index (κ1) is 20.5. The molecule has 1 aromatic carbocycles. The van der Waals surface area contributed by atoms with Gasteiger partial charge >= 0.3 is 12.0 Å². The summed E-state index contributed by atoms with van der Waals surface area (Å²) in [7, 11) is 1.56. The molecule has 1 unspecified atom stereocenters. The summed E-state index contributed by atoms with van der Waals surface area (Å²) >= 11 is 1.22. The molecule has 0 fully saturated rings. The van der Waals surface area contributed by atoms with Crippen LogP contribution in [0.5, 0.6) is 5.75 Å². The third-order valence-electron chi connectivity index (χ3n) is 4.25. The van der Waals surface area contributed by atoms with Crippen LogP contribution in [0.1, 0.15) is 18.5 Å². The predicted molar refractivity (Wildman–Crippen MR) is 107 cm³/mol. The number of ether oxygens (including phenoxy) is 2. The second kappa shape index (κ2) is 9.33. The minimum Gasteiger partial charge on any atom is -0.618 e. The van der Waals surface area contributed by atoms with Crippen molar-refractivity contribution in [3.8, 4) is 5.75 Å². The Morgan fingerprint density at radius 1 is 1.24 bits per heavy atom. The molecule has 0 saturated heterocycles. The summed E-state index contributed by atoms with van der Waals surface area (Å²) in [5.41, 5.74) is 1.42. The molecule has 8 nitrogen and oxygen atoms in total. The lowest BCUT2D eigenvalue weighted by molar-refractivity contribution is -0.645. The first-order valence-electron chi connectivity index (χ1n) is 8.96. The molecule has 0 radical (unpaired) electrons. The highest BCUT2D eigenvalue weighted by atomic mass is 32.2. The molecule has 29 heavy (non-hydrogen) atoms. The van der Waals surface area contributed by atoms with Crippen LogP contribution in [0.4, 0.5) is 4.79 Å². The van der Waals surface area contributed by atoms with Gasteiger partial charge < -0.3 is 25.3 Å². The van der Waals surface area contributed by atoms with Crippen molar-refractivity contribution >= 4 is 23.8 Å². The van der Waals surface area contributed by atoms with Gasteiger partial charge in [0.1, 0.15) is 5.75 Å². The average molecular weight is 415 g/mol. The number of rotatable bonds is 7. The molecule has 1 atom stereocenters. The van der Waals surface area contributed by atoms with E-state index in [0.717, 1.165) is 4.73 Å². The third kappa shape index (κ3) is 4.80. The number of carbonyl (C=O) groups is 2. The second-order valence-corrected chi connectivity index (χ2v) is 7.07. The zero-order valence-electron chi connectivity index (χ0n) is 16.0. The van der Waals surface area contributed by atoms with Gasteiger partial charge in [-0.3, -0.25) is 0 Å². The first-order valence-corrected chi connectivity index (χ1v) is 9.94. The summed E-state index contributed by atoms with van der Waals surface area (Å²) in [4.78, 5) is 25.0. The monoisotopic (exact) mass is 415 g/mol. The van der Waals surface area contributed by atoms with E-state index in [-0.39, 0.29) is 12.4 Å². The third-order valence-corrected chi connectivity index (χ3v) is 5.30. The number of urea groups is 1. The number of amides is 2. The SMILES string of the molecule is CCOC(=O)C1=C(CSc2cccc[n+]2[O-])NC(=O)NC1c1ccc(OC)cc1. The second-order valence-electron chi connectivity index (χ2n) is 6.07. The lowest BCUT2D eigenvalue weighted by Crippen LogP contribution is -2.46. The minimum absolute atomic E-state index is 0.200. The van der Waals surface area contributed by atoms with E-state index in [2.05, 4.69) is 10.6 Å². The van der Waals surface area contributed by atoms with Crippen molar-refractivity contribution in [2.24, 2.45) is 0 Å². The first-order chi connectivity index (χ1) is 14.0. The number of pyridine rings is 1. The van der Waals surface area contributed by atoms with Crippen molar-refractivity contribution in [3.63, 3.8) is 0 Å². The van der Waals surface area contributed by atoms with Crippen LogP contribution in [0, 0.1) is 5.21 Å². The number of hydrogen-bond donors (Lipinski definition) is 2. The van der Waals surface area contributed by atoms with Crippen molar-refractivity contribution in [2.45, 2.75) is 18.0 Å². The number of methoxy groups -OCH3 is 1. The molecule has 0 spiro atoms. The van der Waals surface area contributed by atoms with Crippen LogP contribution in [-0.2, 0) is 9.53 Å². The quantitative estimate of drug-likeness (QED) is 0.311. The van der Waals surface area contributed by atoms with Crippen LogP contribution < -0.4 is 20.1 Å². The molecule has 2 N–H and O–H groups in total. The van der Waals surface area contributed by atoms with Crippen LogP contribution in [-0.4, -0.2) is 31.5 Å². The largest absolute Gasteiger partial charge is 0.618 e. The van der Waals surface area contributed by atoms with Crippen molar-refractivity contribution < 1.29 is 23.8 Å². The number of hydrogen-bond acceptors (Lipinski definition) is 6.